The molecule has 0 spiro atoms. The third kappa shape index (κ3) is 9.06. The molecule has 6 heterocycles. The number of nitrogens with one attached hydrogen (secondary N) is 10. The highest BCUT2D eigenvalue weighted by Gasteiger charge is 2.27. The number of aromatic nitrogens is 7. The summed E-state index contributed by atoms with van der Waals surface area (Å²) in [5.74, 6) is 0.373. The molecule has 10 aromatic rings. The molecule has 0 unspecified atom stereocenters. The van der Waals surface area contributed by atoms with E-state index in [4.69, 9.17) is 17.3 Å². The average Bonchev–Trinajstić information content (AvgIpc) is 4.05. The van der Waals surface area contributed by atoms with Gasteiger partial charge in [-0.2, -0.15) is 48.6 Å². The molecule has 1 aliphatic heterocycles. The van der Waals surface area contributed by atoms with Gasteiger partial charge in [0, 0.05) is 48.8 Å². The second kappa shape index (κ2) is 16.9. The van der Waals surface area contributed by atoms with Gasteiger partial charge in [-0.05, 0) is 103 Å². The summed E-state index contributed by atoms with van der Waals surface area (Å²) >= 11 is 5.90. The Labute approximate surface area is 425 Å². The number of halogens is 1. The van der Waals surface area contributed by atoms with Gasteiger partial charge in [0.05, 0.1) is 25.3 Å². The van der Waals surface area contributed by atoms with Crippen molar-refractivity contribution in [2.24, 2.45) is 0 Å². The second-order valence-corrected chi connectivity index (χ2v) is 24.1. The van der Waals surface area contributed by atoms with E-state index in [0.29, 0.717) is 16.2 Å². The number of H-pyrrole nitrogens is 4. The lowest BCUT2D eigenvalue weighted by Gasteiger charge is -2.14. The zero-order chi connectivity index (χ0) is 53.3. The van der Waals surface area contributed by atoms with Crippen molar-refractivity contribution in [1.29, 1.82) is 0 Å². The van der Waals surface area contributed by atoms with E-state index in [-0.39, 0.29) is 96.3 Å². The molecular formula is C41H31ClN14O14S5. The van der Waals surface area contributed by atoms with E-state index in [0.717, 1.165) is 48.5 Å². The Morgan fingerprint density at radius 1 is 0.427 bits per heavy atom. The van der Waals surface area contributed by atoms with Crippen LogP contribution in [0.2, 0.25) is 5.28 Å². The maximum atomic E-state index is 14.4. The smallest absolute Gasteiger partial charge is 0.296 e. The lowest BCUT2D eigenvalue weighted by atomic mass is 10.1. The Bertz CT molecular complexity index is 4710. The molecule has 0 amide bonds. The fraction of sp³-hybridized carbons (Fsp3) is 0. The van der Waals surface area contributed by atoms with Crippen LogP contribution >= 0.6 is 11.6 Å². The highest BCUT2D eigenvalue weighted by Crippen LogP contribution is 2.44. The number of fused-ring (bicyclic) bond motifs is 20. The number of rotatable bonds is 9. The highest BCUT2D eigenvalue weighted by molar-refractivity contribution is 7.93. The van der Waals surface area contributed by atoms with Crippen LogP contribution in [0.5, 0.6) is 0 Å². The number of anilines is 12. The van der Waals surface area contributed by atoms with Crippen molar-refractivity contribution in [1.82, 2.24) is 34.9 Å². The largest absolute Gasteiger partial charge is 0.368 e. The molecule has 8 bridgehead atoms. The van der Waals surface area contributed by atoms with Crippen LogP contribution in [-0.4, -0.2) is 95.2 Å². The molecule has 5 aromatic heterocycles. The topological polar surface area (TPSA) is 452 Å². The number of nitrogens with two attached hydrogens (primary N) is 1. The first-order valence-corrected chi connectivity index (χ1v) is 28.5. The fourth-order valence-electron chi connectivity index (χ4n) is 8.44. The summed E-state index contributed by atoms with van der Waals surface area (Å²) in [7, 11) is -24.3. The molecule has 0 saturated heterocycles. The van der Waals surface area contributed by atoms with Crippen LogP contribution in [0, 0.1) is 0 Å². The predicted molar refractivity (Wildman–Crippen MR) is 275 cm³/mol. The van der Waals surface area contributed by atoms with Crippen LogP contribution < -0.4 is 37.0 Å². The number of nitrogens with zero attached hydrogens (tertiary/aromatic N) is 3. The Balaban J connectivity index is 1.10. The molecule has 16 N–H and O–H groups in total. The fourth-order valence-corrected chi connectivity index (χ4v) is 11.9. The minimum absolute atomic E-state index is 0.00474. The number of aromatic amines is 4. The van der Waals surface area contributed by atoms with Crippen molar-refractivity contribution >= 4 is 175 Å². The molecule has 75 heavy (non-hydrogen) atoms. The van der Waals surface area contributed by atoms with Crippen LogP contribution in [0.1, 0.15) is 0 Å². The van der Waals surface area contributed by atoms with Crippen molar-refractivity contribution in [3.63, 3.8) is 0 Å². The Morgan fingerprint density at radius 3 is 1.15 bits per heavy atom. The molecule has 1 aliphatic rings. The van der Waals surface area contributed by atoms with E-state index in [1.54, 1.807) is 0 Å². The third-order valence-corrected chi connectivity index (χ3v) is 16.7. The van der Waals surface area contributed by atoms with E-state index in [1.165, 1.54) is 42.5 Å². The first kappa shape index (κ1) is 49.0. The van der Waals surface area contributed by atoms with Crippen LogP contribution in [0.25, 0.3) is 43.1 Å². The minimum Gasteiger partial charge on any atom is -0.368 e. The summed E-state index contributed by atoms with van der Waals surface area (Å²) in [6.07, 6.45) is 0. The quantitative estimate of drug-likeness (QED) is 0.0657. The van der Waals surface area contributed by atoms with E-state index in [1.807, 2.05) is 0 Å². The van der Waals surface area contributed by atoms with Crippen molar-refractivity contribution < 1.29 is 60.3 Å². The number of benzene rings is 5. The Morgan fingerprint density at radius 2 is 0.787 bits per heavy atom. The molecule has 0 fully saturated rings. The Hall–Kier alpha value is -8.25. The van der Waals surface area contributed by atoms with E-state index in [9.17, 15) is 60.3 Å². The van der Waals surface area contributed by atoms with Gasteiger partial charge in [0.15, 0.2) is 0 Å². The predicted octanol–water partition coefficient (Wildman–Crippen LogP) is 6.85. The van der Waals surface area contributed by atoms with Gasteiger partial charge >= 0.3 is 0 Å². The number of hydrogen-bond acceptors (Lipinski definition) is 19. The minimum atomic E-state index is -5.08. The van der Waals surface area contributed by atoms with Gasteiger partial charge in [-0.3, -0.25) is 22.9 Å². The number of sulfonamides is 1. The molecular weight excluding hydrogens is 1110 g/mol. The molecule has 386 valence electrons. The van der Waals surface area contributed by atoms with Gasteiger partial charge in [0.2, 0.25) is 17.2 Å². The van der Waals surface area contributed by atoms with Gasteiger partial charge in [-0.1, -0.05) is 0 Å². The van der Waals surface area contributed by atoms with E-state index in [2.05, 4.69) is 66.2 Å². The Kier molecular flexibility index (Phi) is 11.0. The molecule has 5 aromatic carbocycles. The first-order chi connectivity index (χ1) is 35.2. The molecule has 0 saturated carbocycles. The maximum Gasteiger partial charge on any atom is 0.296 e. The van der Waals surface area contributed by atoms with Crippen LogP contribution in [-0.2, 0) is 50.5 Å². The lowest BCUT2D eigenvalue weighted by Crippen LogP contribution is -2.16. The van der Waals surface area contributed by atoms with Crippen molar-refractivity contribution in [2.75, 3.05) is 37.0 Å². The van der Waals surface area contributed by atoms with Crippen molar-refractivity contribution in [3.8, 4) is 0 Å². The van der Waals surface area contributed by atoms with Gasteiger partial charge in [0.25, 0.3) is 50.5 Å². The SMILES string of the molecule is Nc1nc(Cl)nc(Nc2ccc(S(=O)(=O)O)c(NS(=O)(=O)c3ccc4c5[nH]c(c4c3)Nc3[nH]c(c4ccc(S(=O)(=O)O)cc34)Nc3[nH]c(c4cc(S(=O)(=O)O)ccc34)Nc3[nH]c(c4ccc(S(=O)(=O)O)cc34)N5)c2)n1. The number of nitrogen functional groups attached to an aromatic ring is 1. The summed E-state index contributed by atoms with van der Waals surface area (Å²) in [4.78, 5) is 21.2. The summed E-state index contributed by atoms with van der Waals surface area (Å²) in [6, 6.07) is 17.8. The molecule has 0 atom stereocenters. The van der Waals surface area contributed by atoms with Gasteiger partial charge in [-0.25, -0.2) is 8.42 Å². The summed E-state index contributed by atoms with van der Waals surface area (Å²) < 4.78 is 171. The molecule has 34 heteroatoms. The first-order valence-electron chi connectivity index (χ1n) is 20.9. The van der Waals surface area contributed by atoms with Gasteiger partial charge in [0.1, 0.15) is 51.4 Å². The average molecular weight is 1140 g/mol. The van der Waals surface area contributed by atoms with Crippen molar-refractivity contribution in [2.45, 2.75) is 24.5 Å². The van der Waals surface area contributed by atoms with Crippen LogP contribution in [0.15, 0.2) is 115 Å². The normalized spacial score (nSPS) is 13.3. The third-order valence-electron chi connectivity index (χ3n) is 11.7. The summed E-state index contributed by atoms with van der Waals surface area (Å²) in [5, 5.41) is 16.8. The molecule has 28 nitrogen and oxygen atoms in total. The standard InChI is InChI=1S/C41H31ClN14O14S5/c42-39-53-40(43)55-41(54-39)44-16-1-10-30(75(68,69)70)29(11-16)56-71(57,58)17-2-6-21-25(12-17)35-47-31(21)45-32-23-8-4-19(73(62,63)64)14-27(23)37(49-32)52-38-28-15-20(74(65,66)67)5-9-24(28)34(50-38)46-33-22-7-3-18(72(59,60)61)13-26(22)36(48-33)51-35/h1-15,45-52,56H,(H,59,60,61)(H,62,63,64)(H,65,66,67)(H,68,69,70)(H3,43,44,53,54,55). The zero-order valence-electron chi connectivity index (χ0n) is 36.9. The van der Waals surface area contributed by atoms with Crippen LogP contribution in [0.3, 0.4) is 0 Å². The van der Waals surface area contributed by atoms with Crippen LogP contribution in [0.4, 0.5) is 69.8 Å². The van der Waals surface area contributed by atoms with E-state index < -0.39 is 80.7 Å². The lowest BCUT2D eigenvalue weighted by molar-refractivity contribution is 0.481. The van der Waals surface area contributed by atoms with Crippen molar-refractivity contribution in [3.05, 3.63) is 96.3 Å². The molecule has 11 rings (SSSR count). The summed E-state index contributed by atoms with van der Waals surface area (Å²) in [6.45, 7) is 0. The van der Waals surface area contributed by atoms with Gasteiger partial charge < -0.3 is 52.3 Å². The van der Waals surface area contributed by atoms with E-state index >= 15 is 0 Å². The highest BCUT2D eigenvalue weighted by atomic mass is 35.5. The number of hydrogen-bond donors (Lipinski definition) is 15. The summed E-state index contributed by atoms with van der Waals surface area (Å²) in [5.41, 5.74) is 5.04. The second-order valence-electron chi connectivity index (χ2n) is 16.5. The zero-order valence-corrected chi connectivity index (χ0v) is 41.7. The van der Waals surface area contributed by atoms with Gasteiger partial charge in [-0.15, -0.1) is 0 Å². The maximum absolute atomic E-state index is 14.4. The molecule has 0 radical (unpaired) electrons. The molecule has 0 aliphatic carbocycles. The monoisotopic (exact) mass is 1140 g/mol.